The lowest BCUT2D eigenvalue weighted by Crippen LogP contribution is -2.36. The maximum absolute atomic E-state index is 12.3. The topological polar surface area (TPSA) is 78.8 Å². The second-order valence-corrected chi connectivity index (χ2v) is 7.62. The molecule has 6 nitrogen and oxygen atoms in total. The van der Waals surface area contributed by atoms with Crippen LogP contribution in [0.5, 0.6) is 0 Å². The third-order valence-corrected chi connectivity index (χ3v) is 5.48. The van der Waals surface area contributed by atoms with Gasteiger partial charge in [0.15, 0.2) is 0 Å². The Kier molecular flexibility index (Phi) is 5.55. The van der Waals surface area contributed by atoms with Crippen molar-refractivity contribution in [3.8, 4) is 0 Å². The van der Waals surface area contributed by atoms with E-state index in [9.17, 15) is 13.2 Å². The van der Waals surface area contributed by atoms with Crippen molar-refractivity contribution in [2.75, 3.05) is 13.6 Å². The van der Waals surface area contributed by atoms with E-state index in [0.717, 1.165) is 35.7 Å². The quantitative estimate of drug-likeness (QED) is 0.830. The Balaban J connectivity index is 1.98. The summed E-state index contributed by atoms with van der Waals surface area (Å²) in [6, 6.07) is 5.80. The monoisotopic (exact) mass is 343 g/mol. The van der Waals surface area contributed by atoms with Crippen molar-refractivity contribution < 1.29 is 13.2 Å². The molecule has 1 aromatic rings. The maximum atomic E-state index is 12.3. The summed E-state index contributed by atoms with van der Waals surface area (Å²) in [7, 11) is -2.37. The average Bonchev–Trinajstić information content (AvgIpc) is 2.99. The number of benzene rings is 1. The molecule has 1 saturated carbocycles. The third-order valence-electron chi connectivity index (χ3n) is 3.41. The highest BCUT2D eigenvalue weighted by Crippen LogP contribution is 2.17. The van der Waals surface area contributed by atoms with Crippen LogP contribution in [0.2, 0.25) is 5.02 Å². The average molecular weight is 344 g/mol. The molecule has 0 radical (unpaired) electrons. The Bertz CT molecular complexity index is 663. The van der Waals surface area contributed by atoms with E-state index in [4.69, 9.17) is 11.6 Å². The standard InChI is InChI=1S/C14H18ClN3O3S/c1-18(10-14(19)17-16-12-4-2-3-5-12)22(20,21)13-8-6-11(15)7-9-13/h6-9H,2-5,10H2,1H3,(H,17,19). The van der Waals surface area contributed by atoms with E-state index in [1.807, 2.05) is 0 Å². The minimum absolute atomic E-state index is 0.0920. The van der Waals surface area contributed by atoms with Crippen LogP contribution in [0.15, 0.2) is 34.3 Å². The summed E-state index contributed by atoms with van der Waals surface area (Å²) >= 11 is 5.74. The largest absolute Gasteiger partial charge is 0.272 e. The molecule has 120 valence electrons. The Morgan fingerprint density at radius 3 is 2.45 bits per heavy atom. The van der Waals surface area contributed by atoms with E-state index in [0.29, 0.717) is 5.02 Å². The zero-order chi connectivity index (χ0) is 16.2. The van der Waals surface area contributed by atoms with Gasteiger partial charge in [0, 0.05) is 17.8 Å². The molecule has 22 heavy (non-hydrogen) atoms. The van der Waals surface area contributed by atoms with E-state index < -0.39 is 15.9 Å². The number of nitrogens with one attached hydrogen (secondary N) is 1. The number of hydrogen-bond donors (Lipinski definition) is 1. The molecule has 0 spiro atoms. The van der Waals surface area contributed by atoms with Crippen molar-refractivity contribution >= 4 is 33.2 Å². The smallest absolute Gasteiger partial charge is 0.255 e. The number of hydrazone groups is 1. The van der Waals surface area contributed by atoms with Crippen molar-refractivity contribution in [1.82, 2.24) is 9.73 Å². The molecule has 1 aliphatic rings. The van der Waals surface area contributed by atoms with Crippen molar-refractivity contribution in [2.24, 2.45) is 5.10 Å². The first-order valence-corrected chi connectivity index (χ1v) is 8.77. The SMILES string of the molecule is CN(CC(=O)NN=C1CCCC1)S(=O)(=O)c1ccc(Cl)cc1. The minimum atomic E-state index is -3.72. The van der Waals surface area contributed by atoms with Crippen LogP contribution in [0.3, 0.4) is 0 Å². The van der Waals surface area contributed by atoms with Gasteiger partial charge in [-0.1, -0.05) is 11.6 Å². The van der Waals surface area contributed by atoms with E-state index in [1.165, 1.54) is 31.3 Å². The Hall–Kier alpha value is -1.44. The van der Waals surface area contributed by atoms with Crippen LogP contribution in [0.1, 0.15) is 25.7 Å². The molecule has 0 saturated heterocycles. The Labute approximate surface area is 135 Å². The van der Waals surface area contributed by atoms with Gasteiger partial charge in [-0.15, -0.1) is 0 Å². The summed E-state index contributed by atoms with van der Waals surface area (Å²) in [6.07, 6.45) is 3.94. The van der Waals surface area contributed by atoms with Gasteiger partial charge in [-0.05, 0) is 49.9 Å². The molecule has 1 fully saturated rings. The number of hydrogen-bond acceptors (Lipinski definition) is 4. The number of nitrogens with zero attached hydrogens (tertiary/aromatic N) is 2. The fourth-order valence-electron chi connectivity index (χ4n) is 2.15. The summed E-state index contributed by atoms with van der Waals surface area (Å²) in [6.45, 7) is -0.290. The predicted molar refractivity (Wildman–Crippen MR) is 85.3 cm³/mol. The number of halogens is 1. The fourth-order valence-corrected chi connectivity index (χ4v) is 3.40. The van der Waals surface area contributed by atoms with Gasteiger partial charge in [0.05, 0.1) is 11.4 Å². The molecule has 1 aliphatic carbocycles. The molecule has 1 aromatic carbocycles. The molecule has 8 heteroatoms. The maximum Gasteiger partial charge on any atom is 0.255 e. The van der Waals surface area contributed by atoms with Gasteiger partial charge >= 0.3 is 0 Å². The van der Waals surface area contributed by atoms with Crippen LogP contribution in [-0.2, 0) is 14.8 Å². The van der Waals surface area contributed by atoms with Crippen molar-refractivity contribution in [3.05, 3.63) is 29.3 Å². The number of likely N-dealkylation sites (N-methyl/N-ethyl adjacent to an activating group) is 1. The molecule has 0 aliphatic heterocycles. The van der Waals surface area contributed by atoms with Gasteiger partial charge in [0.1, 0.15) is 0 Å². The molecule has 2 rings (SSSR count). The first kappa shape index (κ1) is 16.9. The molecule has 1 amide bonds. The zero-order valence-corrected chi connectivity index (χ0v) is 13.8. The van der Waals surface area contributed by atoms with Crippen LogP contribution in [0, 0.1) is 0 Å². The van der Waals surface area contributed by atoms with Crippen molar-refractivity contribution in [2.45, 2.75) is 30.6 Å². The highest BCUT2D eigenvalue weighted by molar-refractivity contribution is 7.89. The summed E-state index contributed by atoms with van der Waals surface area (Å²) < 4.78 is 25.6. The normalized spacial score (nSPS) is 15.1. The third kappa shape index (κ3) is 4.28. The number of sulfonamides is 1. The second kappa shape index (κ2) is 7.21. The number of amides is 1. The zero-order valence-electron chi connectivity index (χ0n) is 12.3. The van der Waals surface area contributed by atoms with Crippen molar-refractivity contribution in [1.29, 1.82) is 0 Å². The van der Waals surface area contributed by atoms with Gasteiger partial charge in [0.25, 0.3) is 5.91 Å². The first-order valence-electron chi connectivity index (χ1n) is 6.96. The van der Waals surface area contributed by atoms with Crippen LogP contribution in [-0.4, -0.2) is 37.9 Å². The van der Waals surface area contributed by atoms with E-state index in [1.54, 1.807) is 0 Å². The summed E-state index contributed by atoms with van der Waals surface area (Å²) in [5.74, 6) is -0.459. The van der Waals surface area contributed by atoms with Gasteiger partial charge in [-0.3, -0.25) is 4.79 Å². The number of rotatable bonds is 5. The van der Waals surface area contributed by atoms with Crippen LogP contribution >= 0.6 is 11.6 Å². The second-order valence-electron chi connectivity index (χ2n) is 5.14. The van der Waals surface area contributed by atoms with Gasteiger partial charge in [0.2, 0.25) is 10.0 Å². The lowest BCUT2D eigenvalue weighted by Gasteiger charge is -2.16. The Morgan fingerprint density at radius 2 is 1.86 bits per heavy atom. The summed E-state index contributed by atoms with van der Waals surface area (Å²) in [5.41, 5.74) is 3.37. The minimum Gasteiger partial charge on any atom is -0.272 e. The van der Waals surface area contributed by atoms with E-state index in [-0.39, 0.29) is 11.4 Å². The lowest BCUT2D eigenvalue weighted by atomic mass is 10.3. The molecule has 0 unspecified atom stereocenters. The summed E-state index contributed by atoms with van der Waals surface area (Å²) in [4.78, 5) is 11.9. The number of carbonyl (C=O) groups excluding carboxylic acids is 1. The van der Waals surface area contributed by atoms with Gasteiger partial charge in [-0.25, -0.2) is 13.8 Å². The molecule has 0 aromatic heterocycles. The van der Waals surface area contributed by atoms with E-state index in [2.05, 4.69) is 10.5 Å². The number of carbonyl (C=O) groups is 1. The summed E-state index contributed by atoms with van der Waals surface area (Å²) in [5, 5.41) is 4.47. The van der Waals surface area contributed by atoms with E-state index >= 15 is 0 Å². The molecular formula is C14H18ClN3O3S. The highest BCUT2D eigenvalue weighted by Gasteiger charge is 2.22. The molecular weight excluding hydrogens is 326 g/mol. The Morgan fingerprint density at radius 1 is 1.27 bits per heavy atom. The highest BCUT2D eigenvalue weighted by atomic mass is 35.5. The van der Waals surface area contributed by atoms with Crippen LogP contribution < -0.4 is 5.43 Å². The first-order chi connectivity index (χ1) is 10.4. The fraction of sp³-hybridized carbons (Fsp3) is 0.429. The van der Waals surface area contributed by atoms with Gasteiger partial charge in [-0.2, -0.15) is 9.41 Å². The molecule has 0 atom stereocenters. The molecule has 1 N–H and O–H groups in total. The van der Waals surface area contributed by atoms with Crippen molar-refractivity contribution in [3.63, 3.8) is 0 Å². The predicted octanol–water partition coefficient (Wildman–Crippen LogP) is 2.01. The lowest BCUT2D eigenvalue weighted by molar-refractivity contribution is -0.121. The van der Waals surface area contributed by atoms with Crippen LogP contribution in [0.4, 0.5) is 0 Å². The molecule has 0 heterocycles. The van der Waals surface area contributed by atoms with Gasteiger partial charge < -0.3 is 0 Å². The van der Waals surface area contributed by atoms with Crippen LogP contribution in [0.25, 0.3) is 0 Å². The molecule has 0 bridgehead atoms.